The average Bonchev–Trinajstić information content (AvgIpc) is 2.67. The van der Waals surface area contributed by atoms with Crippen molar-refractivity contribution < 1.29 is 9.73 Å². The molecule has 0 spiro atoms. The van der Waals surface area contributed by atoms with Crippen LogP contribution in [0, 0.1) is 0 Å². The molecule has 2 aromatic rings. The molecule has 1 aromatic carbocycles. The quantitative estimate of drug-likeness (QED) is 0.744. The van der Waals surface area contributed by atoms with Gasteiger partial charge in [-0.3, -0.25) is 0 Å². The second kappa shape index (κ2) is 4.99. The minimum atomic E-state index is 0.953. The molecule has 15 heavy (non-hydrogen) atoms. The molecule has 0 aliphatic carbocycles. The first-order valence-electron chi connectivity index (χ1n) is 5.69. The normalized spacial score (nSPS) is 11.0. The predicted octanol–water partition coefficient (Wildman–Crippen LogP) is 2.30. The van der Waals surface area contributed by atoms with Crippen LogP contribution in [0.1, 0.15) is 25.5 Å². The molecule has 0 bridgehead atoms. The molecule has 1 aromatic heterocycles. The van der Waals surface area contributed by atoms with Crippen LogP contribution in [0.5, 0.6) is 0 Å². The number of para-hydroxylation sites is 1. The third kappa shape index (κ3) is 2.60. The van der Waals surface area contributed by atoms with Crippen molar-refractivity contribution in [3.8, 4) is 0 Å². The minimum absolute atomic E-state index is 0.953. The van der Waals surface area contributed by atoms with Gasteiger partial charge in [0.2, 0.25) is 0 Å². The zero-order chi connectivity index (χ0) is 10.5. The molecule has 0 aliphatic heterocycles. The van der Waals surface area contributed by atoms with Gasteiger partial charge in [-0.2, -0.15) is 0 Å². The zero-order valence-electron chi connectivity index (χ0n) is 9.20. The van der Waals surface area contributed by atoms with Crippen LogP contribution >= 0.6 is 0 Å². The van der Waals surface area contributed by atoms with E-state index in [1.54, 1.807) is 0 Å². The van der Waals surface area contributed by atoms with Gasteiger partial charge in [0.05, 0.1) is 6.54 Å². The Morgan fingerprint density at radius 1 is 1.27 bits per heavy atom. The molecule has 0 aliphatic rings. The van der Waals surface area contributed by atoms with Crippen molar-refractivity contribution in [2.45, 2.75) is 26.3 Å². The van der Waals surface area contributed by atoms with Crippen LogP contribution in [-0.2, 0) is 6.54 Å². The van der Waals surface area contributed by atoms with Crippen LogP contribution in [0.4, 0.5) is 0 Å². The van der Waals surface area contributed by atoms with Gasteiger partial charge in [0, 0.05) is 5.39 Å². The molecule has 1 heterocycles. The molecule has 0 amide bonds. The summed E-state index contributed by atoms with van der Waals surface area (Å²) in [7, 11) is 0. The Kier molecular flexibility index (Phi) is 3.41. The third-order valence-electron chi connectivity index (χ3n) is 2.58. The zero-order valence-corrected chi connectivity index (χ0v) is 9.20. The molecule has 2 rings (SSSR count). The van der Waals surface area contributed by atoms with E-state index in [-0.39, 0.29) is 0 Å². The topological polar surface area (TPSA) is 29.8 Å². The maximum atomic E-state index is 5.72. The smallest absolute Gasteiger partial charge is 0.159 e. The fourth-order valence-electron chi connectivity index (χ4n) is 1.73. The Hall–Kier alpha value is -1.28. The van der Waals surface area contributed by atoms with E-state index in [0.29, 0.717) is 0 Å². The second-order valence-corrected chi connectivity index (χ2v) is 3.89. The number of hydrogen-bond acceptors (Lipinski definition) is 1. The Balaban J connectivity index is 1.97. The summed E-state index contributed by atoms with van der Waals surface area (Å²) < 4.78 is 5.72. The maximum Gasteiger partial charge on any atom is 0.159 e. The lowest BCUT2D eigenvalue weighted by Gasteiger charge is -1.96. The summed E-state index contributed by atoms with van der Waals surface area (Å²) >= 11 is 0. The minimum Gasteiger partial charge on any atom is -0.455 e. The van der Waals surface area contributed by atoms with Gasteiger partial charge in [-0.1, -0.05) is 31.5 Å². The van der Waals surface area contributed by atoms with E-state index in [4.69, 9.17) is 4.42 Å². The van der Waals surface area contributed by atoms with Crippen molar-refractivity contribution in [2.24, 2.45) is 0 Å². The lowest BCUT2D eigenvalue weighted by molar-refractivity contribution is -0.672. The number of furan rings is 1. The van der Waals surface area contributed by atoms with Crippen molar-refractivity contribution >= 4 is 11.0 Å². The molecule has 0 unspecified atom stereocenters. The van der Waals surface area contributed by atoms with Crippen molar-refractivity contribution in [1.82, 2.24) is 0 Å². The van der Waals surface area contributed by atoms with Gasteiger partial charge >= 0.3 is 0 Å². The van der Waals surface area contributed by atoms with Crippen molar-refractivity contribution in [3.05, 3.63) is 36.1 Å². The lowest BCUT2D eigenvalue weighted by Crippen LogP contribution is -2.82. The number of unbranched alkanes of at least 4 members (excludes halogenated alkanes) is 1. The van der Waals surface area contributed by atoms with Crippen molar-refractivity contribution in [1.29, 1.82) is 0 Å². The monoisotopic (exact) mass is 204 g/mol. The van der Waals surface area contributed by atoms with Crippen LogP contribution in [0.3, 0.4) is 0 Å². The third-order valence-corrected chi connectivity index (χ3v) is 2.58. The standard InChI is InChI=1S/C13H17NO/c1-2-3-8-14-10-12-9-11-6-4-5-7-13(11)15-12/h4-7,9,14H,2-3,8,10H2,1H3/p+1. The number of benzene rings is 1. The van der Waals surface area contributed by atoms with Gasteiger partial charge in [-0.15, -0.1) is 0 Å². The fourth-order valence-corrected chi connectivity index (χ4v) is 1.73. The summed E-state index contributed by atoms with van der Waals surface area (Å²) in [6.45, 7) is 4.36. The second-order valence-electron chi connectivity index (χ2n) is 3.89. The SMILES string of the molecule is CCCC[NH2+]Cc1cc2ccccc2o1. The molecule has 0 atom stereocenters. The van der Waals surface area contributed by atoms with Crippen molar-refractivity contribution in [3.63, 3.8) is 0 Å². The Bertz CT molecular complexity index is 386. The van der Waals surface area contributed by atoms with Gasteiger partial charge in [0.15, 0.2) is 5.76 Å². The number of quaternary nitrogens is 1. The van der Waals surface area contributed by atoms with Gasteiger partial charge in [-0.05, 0) is 18.6 Å². The molecule has 2 N–H and O–H groups in total. The predicted molar refractivity (Wildman–Crippen MR) is 61.6 cm³/mol. The highest BCUT2D eigenvalue weighted by atomic mass is 16.3. The summed E-state index contributed by atoms with van der Waals surface area (Å²) in [5, 5.41) is 3.51. The highest BCUT2D eigenvalue weighted by molar-refractivity contribution is 5.77. The van der Waals surface area contributed by atoms with Crippen LogP contribution < -0.4 is 5.32 Å². The Morgan fingerprint density at radius 2 is 2.13 bits per heavy atom. The number of rotatable bonds is 5. The number of nitrogens with two attached hydrogens (primary N) is 1. The van der Waals surface area contributed by atoms with Gasteiger partial charge in [0.25, 0.3) is 0 Å². The maximum absolute atomic E-state index is 5.72. The first kappa shape index (κ1) is 10.2. The molecular formula is C13H18NO+. The fraction of sp³-hybridized carbons (Fsp3) is 0.385. The van der Waals surface area contributed by atoms with E-state index in [1.807, 2.05) is 18.2 Å². The molecule has 0 saturated carbocycles. The first-order valence-corrected chi connectivity index (χ1v) is 5.69. The van der Waals surface area contributed by atoms with Crippen LogP contribution in [0.2, 0.25) is 0 Å². The summed E-state index contributed by atoms with van der Waals surface area (Å²) in [6.07, 6.45) is 2.54. The van der Waals surface area contributed by atoms with E-state index in [2.05, 4.69) is 24.4 Å². The first-order chi connectivity index (χ1) is 7.40. The van der Waals surface area contributed by atoms with E-state index in [1.165, 1.54) is 24.8 Å². The molecule has 80 valence electrons. The highest BCUT2D eigenvalue weighted by Crippen LogP contribution is 2.17. The molecular weight excluding hydrogens is 186 g/mol. The van der Waals surface area contributed by atoms with Gasteiger partial charge in [-0.25, -0.2) is 0 Å². The summed E-state index contributed by atoms with van der Waals surface area (Å²) in [4.78, 5) is 0. The summed E-state index contributed by atoms with van der Waals surface area (Å²) in [6, 6.07) is 10.3. The average molecular weight is 204 g/mol. The molecule has 0 fully saturated rings. The summed E-state index contributed by atoms with van der Waals surface area (Å²) in [5.74, 6) is 1.08. The van der Waals surface area contributed by atoms with E-state index < -0.39 is 0 Å². The van der Waals surface area contributed by atoms with Crippen LogP contribution in [0.25, 0.3) is 11.0 Å². The van der Waals surface area contributed by atoms with Gasteiger partial charge in [0.1, 0.15) is 12.1 Å². The molecule has 0 saturated heterocycles. The summed E-state index contributed by atoms with van der Waals surface area (Å²) in [5.41, 5.74) is 0.997. The Morgan fingerprint density at radius 3 is 2.93 bits per heavy atom. The lowest BCUT2D eigenvalue weighted by atomic mass is 10.2. The largest absolute Gasteiger partial charge is 0.455 e. The molecule has 2 nitrogen and oxygen atoms in total. The highest BCUT2D eigenvalue weighted by Gasteiger charge is 2.03. The van der Waals surface area contributed by atoms with E-state index in [0.717, 1.165) is 17.9 Å². The van der Waals surface area contributed by atoms with Crippen LogP contribution in [0.15, 0.2) is 34.7 Å². The Labute approximate surface area is 90.3 Å². The number of hydrogen-bond donors (Lipinski definition) is 1. The molecule has 2 heteroatoms. The molecule has 0 radical (unpaired) electrons. The van der Waals surface area contributed by atoms with Crippen molar-refractivity contribution in [2.75, 3.05) is 6.54 Å². The van der Waals surface area contributed by atoms with Gasteiger partial charge < -0.3 is 9.73 Å². The van der Waals surface area contributed by atoms with E-state index >= 15 is 0 Å². The van der Waals surface area contributed by atoms with Crippen LogP contribution in [-0.4, -0.2) is 6.54 Å². The number of fused-ring (bicyclic) bond motifs is 1. The van der Waals surface area contributed by atoms with E-state index in [9.17, 15) is 0 Å².